The van der Waals surface area contributed by atoms with Crippen LogP contribution in [0.4, 0.5) is 0 Å². The number of carbonyl (C=O) groups excluding carboxylic acids is 9. The van der Waals surface area contributed by atoms with Crippen molar-refractivity contribution in [2.45, 2.75) is 127 Å². The second kappa shape index (κ2) is 27.9. The van der Waals surface area contributed by atoms with Crippen molar-refractivity contribution in [2.75, 3.05) is 26.2 Å². The average molecular weight is 942 g/mol. The van der Waals surface area contributed by atoms with Crippen molar-refractivity contribution in [2.24, 2.45) is 23.1 Å². The first-order chi connectivity index (χ1) is 31.9. The molecule has 8 amide bonds. The number of imidazole rings is 1. The lowest BCUT2D eigenvalue weighted by molar-refractivity contribution is -0.154. The van der Waals surface area contributed by atoms with E-state index in [1.807, 2.05) is 0 Å². The number of amides is 8. The summed E-state index contributed by atoms with van der Waals surface area (Å²) in [6.45, 7) is 5.23. The Bertz CT molecular complexity index is 1970. The van der Waals surface area contributed by atoms with Crippen molar-refractivity contribution in [3.05, 3.63) is 54.1 Å². The van der Waals surface area contributed by atoms with E-state index in [0.29, 0.717) is 11.3 Å². The highest BCUT2D eigenvalue weighted by Gasteiger charge is 2.36. The number of nitrogens with zero attached hydrogens (tertiary/aromatic N) is 1. The fourth-order valence-corrected chi connectivity index (χ4v) is 7.05. The summed E-state index contributed by atoms with van der Waals surface area (Å²) in [6, 6.07) is -1.17. The summed E-state index contributed by atoms with van der Waals surface area (Å²) >= 11 is 0. The first-order valence-electron chi connectivity index (χ1n) is 22.2. The van der Waals surface area contributed by atoms with Crippen molar-refractivity contribution in [1.29, 1.82) is 0 Å². The zero-order chi connectivity index (χ0) is 49.6. The van der Waals surface area contributed by atoms with Crippen LogP contribution in [-0.4, -0.2) is 149 Å². The molecule has 0 unspecified atom stereocenters. The van der Waals surface area contributed by atoms with Gasteiger partial charge in [-0.2, -0.15) is 0 Å². The van der Waals surface area contributed by atoms with E-state index in [1.165, 1.54) is 19.4 Å². The van der Waals surface area contributed by atoms with Crippen LogP contribution in [0.3, 0.4) is 0 Å². The molecule has 24 heteroatoms. The Hall–Kier alpha value is -6.50. The van der Waals surface area contributed by atoms with Gasteiger partial charge in [0.2, 0.25) is 41.4 Å². The van der Waals surface area contributed by atoms with E-state index in [2.05, 4.69) is 52.5 Å². The van der Waals surface area contributed by atoms with Crippen LogP contribution in [0, 0.1) is 5.92 Å². The van der Waals surface area contributed by atoms with E-state index in [4.69, 9.17) is 21.9 Å². The highest BCUT2D eigenvalue weighted by Crippen LogP contribution is 2.11. The summed E-state index contributed by atoms with van der Waals surface area (Å²) in [4.78, 5) is 130. The molecule has 0 bridgehead atoms. The van der Waals surface area contributed by atoms with Crippen LogP contribution in [0.2, 0.25) is 0 Å². The van der Waals surface area contributed by atoms with Crippen molar-refractivity contribution >= 4 is 53.2 Å². The van der Waals surface area contributed by atoms with E-state index >= 15 is 0 Å². The lowest BCUT2D eigenvalue weighted by atomic mass is 10.00. The van der Waals surface area contributed by atoms with Crippen molar-refractivity contribution in [1.82, 2.24) is 52.5 Å². The third-order valence-electron chi connectivity index (χ3n) is 10.5. The van der Waals surface area contributed by atoms with E-state index in [9.17, 15) is 48.3 Å². The highest BCUT2D eigenvalue weighted by atomic mass is 16.5. The maximum Gasteiger partial charge on any atom is 0.303 e. The molecule has 3 rings (SSSR count). The number of benzene rings is 1. The number of rotatable bonds is 16. The first kappa shape index (κ1) is 54.8. The van der Waals surface area contributed by atoms with Crippen LogP contribution in [-0.2, 0) is 60.7 Å². The van der Waals surface area contributed by atoms with Crippen molar-refractivity contribution < 1.29 is 53.0 Å². The standard InChI is InChI=1S/C43H67N13O11/c1-23(2)18-32-40(63)52-28(10-14-44)36(59)51-30(12-16-46)39(62)56-35(24(3)57)43(66)48-17-13-31(53-42(65)34(67-25(4)58)20-27-21-47-22-49-27)38(61)50-29(11-15-45)37(60)55-33(41(64)54-32)19-26-8-6-5-7-9-26/h5-9,21-24,28-35,57H,10-20,44-46H2,1-4H3,(H,47,49)(H,48,66)(H,50,61)(H,51,59)(H,52,63)(H,53,65)(H,54,64)(H,55,60)(H,56,62)/t24-,28+,29+,30+,31+,32+,33-,34+,35+/m1/s1. The van der Waals surface area contributed by atoms with Crippen LogP contribution in [0.1, 0.15) is 71.1 Å². The summed E-state index contributed by atoms with van der Waals surface area (Å²) < 4.78 is 5.26. The number of esters is 1. The lowest BCUT2D eigenvalue weighted by Gasteiger charge is -2.28. The number of hydrogen-bond acceptors (Lipinski definition) is 15. The summed E-state index contributed by atoms with van der Waals surface area (Å²) in [5, 5.41) is 31.2. The third-order valence-corrected chi connectivity index (χ3v) is 10.5. The van der Waals surface area contributed by atoms with Crippen LogP contribution < -0.4 is 59.7 Å². The van der Waals surface area contributed by atoms with Gasteiger partial charge in [-0.05, 0) is 70.1 Å². The average Bonchev–Trinajstić information content (AvgIpc) is 3.79. The number of H-pyrrole nitrogens is 1. The summed E-state index contributed by atoms with van der Waals surface area (Å²) in [5.74, 6) is -7.93. The molecule has 1 aliphatic rings. The van der Waals surface area contributed by atoms with E-state index < -0.39 is 108 Å². The molecule has 0 radical (unpaired) electrons. The molecule has 67 heavy (non-hydrogen) atoms. The minimum Gasteiger partial charge on any atom is -0.452 e. The topological polar surface area (TPSA) is 386 Å². The maximum atomic E-state index is 14.2. The summed E-state index contributed by atoms with van der Waals surface area (Å²) in [6.07, 6.45) is -1.09. The number of carbonyl (C=O) groups is 9. The van der Waals surface area contributed by atoms with E-state index in [1.54, 1.807) is 44.2 Å². The number of ether oxygens (including phenoxy) is 1. The van der Waals surface area contributed by atoms with Gasteiger partial charge >= 0.3 is 5.97 Å². The van der Waals surface area contributed by atoms with Gasteiger partial charge in [0.15, 0.2) is 6.10 Å². The van der Waals surface area contributed by atoms with Gasteiger partial charge < -0.3 is 74.6 Å². The normalized spacial score (nSPS) is 24.1. The number of aliphatic hydroxyl groups excluding tert-OH is 1. The number of hydrogen-bond donors (Lipinski definition) is 13. The Morgan fingerprint density at radius 1 is 0.731 bits per heavy atom. The predicted octanol–water partition coefficient (Wildman–Crippen LogP) is -4.49. The van der Waals surface area contributed by atoms with Gasteiger partial charge in [0.05, 0.1) is 18.1 Å². The fourth-order valence-electron chi connectivity index (χ4n) is 7.05. The Morgan fingerprint density at radius 3 is 1.75 bits per heavy atom. The Morgan fingerprint density at radius 2 is 1.24 bits per heavy atom. The summed E-state index contributed by atoms with van der Waals surface area (Å²) in [5.41, 5.74) is 18.5. The molecule has 1 aromatic carbocycles. The lowest BCUT2D eigenvalue weighted by Crippen LogP contribution is -2.61. The van der Waals surface area contributed by atoms with Gasteiger partial charge in [0.1, 0.15) is 42.3 Å². The van der Waals surface area contributed by atoms with Crippen LogP contribution >= 0.6 is 0 Å². The smallest absolute Gasteiger partial charge is 0.303 e. The number of nitrogens with two attached hydrogens (primary N) is 3. The summed E-state index contributed by atoms with van der Waals surface area (Å²) in [7, 11) is 0. The number of aromatic nitrogens is 2. The van der Waals surface area contributed by atoms with Crippen LogP contribution in [0.15, 0.2) is 42.9 Å². The van der Waals surface area contributed by atoms with Crippen LogP contribution in [0.5, 0.6) is 0 Å². The molecular weight excluding hydrogens is 875 g/mol. The minimum absolute atomic E-state index is 0.0696. The Balaban J connectivity index is 2.12. The Labute approximate surface area is 388 Å². The SMILES string of the molecule is CC(=O)O[C@@H](Cc1c[nH]cn1)C(=O)N[C@H]1CCNC(=O)[C@H]([C@@H](C)O)NC(=O)[C@H](CCN)NC(=O)[C@H](CCN)NC(=O)[C@H](CC(C)C)NC(=O)[C@@H](Cc2ccccc2)NC(=O)[C@H](CCN)NC1=O. The van der Waals surface area contributed by atoms with Crippen LogP contribution in [0.25, 0.3) is 0 Å². The van der Waals surface area contributed by atoms with Gasteiger partial charge in [-0.25, -0.2) is 4.98 Å². The molecule has 370 valence electrons. The molecule has 16 N–H and O–H groups in total. The first-order valence-corrected chi connectivity index (χ1v) is 22.2. The van der Waals surface area contributed by atoms with Crippen molar-refractivity contribution in [3.8, 4) is 0 Å². The molecule has 1 aromatic heterocycles. The molecule has 0 saturated carbocycles. The molecule has 1 aliphatic heterocycles. The number of aliphatic hydroxyl groups is 1. The Kier molecular flexibility index (Phi) is 22.8. The van der Waals surface area contributed by atoms with E-state index in [0.717, 1.165) is 6.92 Å². The molecular formula is C43H67N13O11. The zero-order valence-electron chi connectivity index (χ0n) is 38.3. The molecule has 2 aromatic rings. The third kappa shape index (κ3) is 18.4. The van der Waals surface area contributed by atoms with Gasteiger partial charge in [-0.1, -0.05) is 44.2 Å². The minimum atomic E-state index is -1.61. The molecule has 0 aliphatic carbocycles. The second-order valence-electron chi connectivity index (χ2n) is 16.6. The molecule has 1 fully saturated rings. The molecule has 0 spiro atoms. The molecule has 24 nitrogen and oxygen atoms in total. The zero-order valence-corrected chi connectivity index (χ0v) is 38.3. The van der Waals surface area contributed by atoms with Gasteiger partial charge in [-0.3, -0.25) is 43.2 Å². The quantitative estimate of drug-likeness (QED) is 0.0706. The largest absolute Gasteiger partial charge is 0.452 e. The fraction of sp³-hybridized carbons (Fsp3) is 0.581. The number of nitrogens with one attached hydrogen (secondary N) is 9. The van der Waals surface area contributed by atoms with Gasteiger partial charge in [-0.15, -0.1) is 0 Å². The highest BCUT2D eigenvalue weighted by molar-refractivity contribution is 5.98. The second-order valence-corrected chi connectivity index (χ2v) is 16.6. The maximum absolute atomic E-state index is 14.2. The predicted molar refractivity (Wildman–Crippen MR) is 241 cm³/mol. The van der Waals surface area contributed by atoms with Crippen molar-refractivity contribution in [3.63, 3.8) is 0 Å². The van der Waals surface area contributed by atoms with E-state index in [-0.39, 0.29) is 77.0 Å². The number of aromatic amines is 1. The molecule has 2 heterocycles. The van der Waals surface area contributed by atoms with Gasteiger partial charge in [0.25, 0.3) is 5.91 Å². The molecule has 9 atom stereocenters. The van der Waals surface area contributed by atoms with Gasteiger partial charge in [0, 0.05) is 32.5 Å². The monoisotopic (exact) mass is 942 g/mol. The molecule has 1 saturated heterocycles.